The molecule has 130 valence electrons. The Labute approximate surface area is 152 Å². The van der Waals surface area contributed by atoms with Gasteiger partial charge in [0.25, 0.3) is 0 Å². The third kappa shape index (κ3) is 2.80. The van der Waals surface area contributed by atoms with Crippen LogP contribution in [0.1, 0.15) is 33.7 Å². The Kier molecular flexibility index (Phi) is 4.08. The summed E-state index contributed by atoms with van der Waals surface area (Å²) in [5.74, 6) is 0.741. The van der Waals surface area contributed by atoms with Gasteiger partial charge in [-0.1, -0.05) is 6.92 Å². The molecule has 0 unspecified atom stereocenters. The minimum atomic E-state index is -0.636. The van der Waals surface area contributed by atoms with E-state index in [1.165, 1.54) is 29.7 Å². The lowest BCUT2D eigenvalue weighted by Gasteiger charge is -2.01. The van der Waals surface area contributed by atoms with Crippen molar-refractivity contribution in [1.29, 1.82) is 0 Å². The van der Waals surface area contributed by atoms with Gasteiger partial charge in [0.2, 0.25) is 5.78 Å². The first-order chi connectivity index (χ1) is 12.6. The molecule has 0 saturated heterocycles. The summed E-state index contributed by atoms with van der Waals surface area (Å²) in [6.07, 6.45) is 2.08. The first-order valence-corrected chi connectivity index (χ1v) is 8.91. The molecule has 0 aliphatic carbocycles. The second kappa shape index (κ2) is 6.42. The van der Waals surface area contributed by atoms with E-state index in [2.05, 4.69) is 15.0 Å². The number of thiophene rings is 1. The van der Waals surface area contributed by atoms with Crippen molar-refractivity contribution < 1.29 is 13.6 Å². The third-order valence-electron chi connectivity index (χ3n) is 3.96. The SMILES string of the molecule is CCc1nc(-c2ccc(C)o2)nc2sc(C(=O)c3ncccc3F)cc12. The van der Waals surface area contributed by atoms with E-state index in [1.807, 2.05) is 26.0 Å². The van der Waals surface area contributed by atoms with Crippen LogP contribution in [0.25, 0.3) is 21.8 Å². The van der Waals surface area contributed by atoms with Crippen LogP contribution in [-0.2, 0) is 6.42 Å². The highest BCUT2D eigenvalue weighted by Crippen LogP contribution is 2.31. The van der Waals surface area contributed by atoms with E-state index >= 15 is 0 Å². The van der Waals surface area contributed by atoms with Gasteiger partial charge in [-0.15, -0.1) is 11.3 Å². The van der Waals surface area contributed by atoms with Gasteiger partial charge in [-0.25, -0.2) is 19.3 Å². The molecule has 0 radical (unpaired) electrons. The molecule has 0 aliphatic rings. The Morgan fingerprint density at radius 3 is 2.81 bits per heavy atom. The normalized spacial score (nSPS) is 11.2. The van der Waals surface area contributed by atoms with Crippen LogP contribution < -0.4 is 0 Å². The maximum absolute atomic E-state index is 13.9. The predicted octanol–water partition coefficient (Wildman–Crippen LogP) is 4.59. The van der Waals surface area contributed by atoms with Gasteiger partial charge in [-0.05, 0) is 43.7 Å². The molecule has 0 aromatic carbocycles. The van der Waals surface area contributed by atoms with Crippen molar-refractivity contribution in [2.24, 2.45) is 0 Å². The number of carbonyl (C=O) groups excluding carboxylic acids is 1. The Morgan fingerprint density at radius 2 is 2.12 bits per heavy atom. The number of carbonyl (C=O) groups is 1. The van der Waals surface area contributed by atoms with Crippen molar-refractivity contribution in [3.05, 3.63) is 64.4 Å². The van der Waals surface area contributed by atoms with E-state index in [-0.39, 0.29) is 5.69 Å². The largest absolute Gasteiger partial charge is 0.458 e. The fourth-order valence-corrected chi connectivity index (χ4v) is 3.69. The molecule has 0 atom stereocenters. The summed E-state index contributed by atoms with van der Waals surface area (Å²) in [6, 6.07) is 8.06. The van der Waals surface area contributed by atoms with E-state index in [0.29, 0.717) is 27.7 Å². The Bertz CT molecular complexity index is 1130. The molecular weight excluding hydrogens is 353 g/mol. The van der Waals surface area contributed by atoms with E-state index in [4.69, 9.17) is 4.42 Å². The Balaban J connectivity index is 1.84. The van der Waals surface area contributed by atoms with Crippen LogP contribution in [-0.4, -0.2) is 20.7 Å². The zero-order valence-corrected chi connectivity index (χ0v) is 14.9. The highest BCUT2D eigenvalue weighted by atomic mass is 32.1. The topological polar surface area (TPSA) is 68.9 Å². The molecule has 0 aliphatic heterocycles. The predicted molar refractivity (Wildman–Crippen MR) is 96.9 cm³/mol. The summed E-state index contributed by atoms with van der Waals surface area (Å²) in [5.41, 5.74) is 0.628. The number of nitrogens with zero attached hydrogens (tertiary/aromatic N) is 3. The summed E-state index contributed by atoms with van der Waals surface area (Å²) in [7, 11) is 0. The quantitative estimate of drug-likeness (QED) is 0.494. The molecule has 0 saturated carbocycles. The van der Waals surface area contributed by atoms with Gasteiger partial charge in [-0.2, -0.15) is 0 Å². The van der Waals surface area contributed by atoms with Crippen molar-refractivity contribution in [2.75, 3.05) is 0 Å². The van der Waals surface area contributed by atoms with Gasteiger partial charge < -0.3 is 4.42 Å². The Hall–Kier alpha value is -2.93. The van der Waals surface area contributed by atoms with E-state index in [0.717, 1.165) is 16.8 Å². The zero-order chi connectivity index (χ0) is 18.3. The van der Waals surface area contributed by atoms with Gasteiger partial charge in [0.15, 0.2) is 17.4 Å². The number of halogens is 1. The third-order valence-corrected chi connectivity index (χ3v) is 4.99. The molecule has 0 spiro atoms. The fraction of sp³-hybridized carbons (Fsp3) is 0.158. The summed E-state index contributed by atoms with van der Waals surface area (Å²) >= 11 is 1.21. The van der Waals surface area contributed by atoms with Crippen molar-refractivity contribution in [3.8, 4) is 11.6 Å². The van der Waals surface area contributed by atoms with E-state index in [1.54, 1.807) is 6.07 Å². The second-order valence-corrected chi connectivity index (χ2v) is 6.78. The number of rotatable bonds is 4. The van der Waals surface area contributed by atoms with Crippen LogP contribution in [0.5, 0.6) is 0 Å². The molecule has 5 nitrogen and oxygen atoms in total. The molecular formula is C19H14FN3O2S. The summed E-state index contributed by atoms with van der Waals surface area (Å²) in [5, 5.41) is 0.796. The first-order valence-electron chi connectivity index (χ1n) is 8.09. The van der Waals surface area contributed by atoms with Crippen LogP contribution in [0, 0.1) is 12.7 Å². The lowest BCUT2D eigenvalue weighted by Crippen LogP contribution is -2.04. The molecule has 26 heavy (non-hydrogen) atoms. The maximum atomic E-state index is 13.9. The van der Waals surface area contributed by atoms with Crippen molar-refractivity contribution >= 4 is 27.3 Å². The molecule has 0 fully saturated rings. The summed E-state index contributed by atoms with van der Waals surface area (Å²) in [4.78, 5) is 26.7. The average molecular weight is 367 g/mol. The summed E-state index contributed by atoms with van der Waals surface area (Å²) in [6.45, 7) is 3.84. The summed E-state index contributed by atoms with van der Waals surface area (Å²) < 4.78 is 19.5. The highest BCUT2D eigenvalue weighted by Gasteiger charge is 2.20. The number of pyridine rings is 1. The molecule has 0 bridgehead atoms. The minimum absolute atomic E-state index is 0.188. The van der Waals surface area contributed by atoms with Gasteiger partial charge in [0.05, 0.1) is 10.6 Å². The lowest BCUT2D eigenvalue weighted by atomic mass is 10.1. The Morgan fingerprint density at radius 1 is 1.27 bits per heavy atom. The standard InChI is InChI=1S/C19H14FN3O2S/c1-3-13-11-9-15(17(24)16-12(20)5-4-8-21-16)26-19(11)23-18(22-13)14-7-6-10(2)25-14/h4-9H,3H2,1-2H3. The zero-order valence-electron chi connectivity index (χ0n) is 14.1. The average Bonchev–Trinajstić information content (AvgIpc) is 3.26. The van der Waals surface area contributed by atoms with Crippen molar-refractivity contribution in [1.82, 2.24) is 15.0 Å². The molecule has 4 aromatic heterocycles. The number of hydrogen-bond acceptors (Lipinski definition) is 6. The molecule has 4 rings (SSSR count). The smallest absolute Gasteiger partial charge is 0.224 e. The number of aryl methyl sites for hydroxylation is 2. The van der Waals surface area contributed by atoms with Gasteiger partial charge >= 0.3 is 0 Å². The van der Waals surface area contributed by atoms with Crippen LogP contribution in [0.15, 0.2) is 40.9 Å². The lowest BCUT2D eigenvalue weighted by molar-refractivity contribution is 0.103. The number of furan rings is 1. The van der Waals surface area contributed by atoms with Crippen LogP contribution in [0.2, 0.25) is 0 Å². The van der Waals surface area contributed by atoms with E-state index < -0.39 is 11.6 Å². The van der Waals surface area contributed by atoms with Crippen molar-refractivity contribution in [2.45, 2.75) is 20.3 Å². The van der Waals surface area contributed by atoms with E-state index in [9.17, 15) is 9.18 Å². The van der Waals surface area contributed by atoms with Crippen molar-refractivity contribution in [3.63, 3.8) is 0 Å². The van der Waals surface area contributed by atoms with Gasteiger partial charge in [-0.3, -0.25) is 4.79 Å². The first kappa shape index (κ1) is 16.5. The molecule has 7 heteroatoms. The molecule has 0 N–H and O–H groups in total. The van der Waals surface area contributed by atoms with Gasteiger partial charge in [0.1, 0.15) is 16.3 Å². The maximum Gasteiger partial charge on any atom is 0.224 e. The monoisotopic (exact) mass is 367 g/mol. The van der Waals surface area contributed by atoms with Crippen LogP contribution >= 0.6 is 11.3 Å². The minimum Gasteiger partial charge on any atom is -0.458 e. The molecule has 0 amide bonds. The highest BCUT2D eigenvalue weighted by molar-refractivity contribution is 7.20. The van der Waals surface area contributed by atoms with Gasteiger partial charge in [0, 0.05) is 11.6 Å². The van der Waals surface area contributed by atoms with Crippen LogP contribution in [0.3, 0.4) is 0 Å². The number of aromatic nitrogens is 3. The van der Waals surface area contributed by atoms with Crippen LogP contribution in [0.4, 0.5) is 4.39 Å². The molecule has 4 aromatic rings. The second-order valence-electron chi connectivity index (χ2n) is 5.75. The number of fused-ring (bicyclic) bond motifs is 1. The fourth-order valence-electron chi connectivity index (χ4n) is 2.70. The molecule has 4 heterocycles. The number of hydrogen-bond donors (Lipinski definition) is 0. The number of ketones is 1.